The largest absolute Gasteiger partial charge is 0.493 e. The van der Waals surface area contributed by atoms with Crippen LogP contribution in [0.4, 0.5) is 0 Å². The third-order valence-electron chi connectivity index (χ3n) is 3.87. The highest BCUT2D eigenvalue weighted by molar-refractivity contribution is 5.92. The summed E-state index contributed by atoms with van der Waals surface area (Å²) in [5.74, 6) is -0.687. The van der Waals surface area contributed by atoms with Crippen LogP contribution in [0.1, 0.15) is 31.7 Å². The Morgan fingerprint density at radius 3 is 2.91 bits per heavy atom. The molecule has 124 valence electrons. The summed E-state index contributed by atoms with van der Waals surface area (Å²) in [5.41, 5.74) is 0.848. The zero-order valence-electron chi connectivity index (χ0n) is 13.4. The molecule has 5 heteroatoms. The number of hydrogen-bond acceptors (Lipinski definition) is 3. The quantitative estimate of drug-likeness (QED) is 0.819. The van der Waals surface area contributed by atoms with Gasteiger partial charge in [0.05, 0.1) is 12.5 Å². The lowest BCUT2D eigenvalue weighted by molar-refractivity contribution is -0.144. The third kappa shape index (κ3) is 4.84. The van der Waals surface area contributed by atoms with E-state index >= 15 is 0 Å². The molecule has 1 aromatic rings. The van der Waals surface area contributed by atoms with Crippen LogP contribution in [0.3, 0.4) is 0 Å². The Hall–Kier alpha value is -2.30. The molecule has 1 saturated heterocycles. The first-order valence-electron chi connectivity index (χ1n) is 8.03. The van der Waals surface area contributed by atoms with Crippen molar-refractivity contribution >= 4 is 18.0 Å². The molecule has 5 nitrogen and oxygen atoms in total. The van der Waals surface area contributed by atoms with Gasteiger partial charge >= 0.3 is 5.97 Å². The number of rotatable bonds is 6. The van der Waals surface area contributed by atoms with Gasteiger partial charge in [0.1, 0.15) is 5.75 Å². The van der Waals surface area contributed by atoms with Crippen LogP contribution in [-0.2, 0) is 9.59 Å². The molecule has 1 aliphatic rings. The minimum atomic E-state index is -0.829. The maximum Gasteiger partial charge on any atom is 0.308 e. The Labute approximate surface area is 136 Å². The Morgan fingerprint density at radius 1 is 1.39 bits per heavy atom. The van der Waals surface area contributed by atoms with Crippen molar-refractivity contribution in [2.75, 3.05) is 19.7 Å². The molecule has 0 aromatic heterocycles. The van der Waals surface area contributed by atoms with E-state index in [-0.39, 0.29) is 12.5 Å². The molecule has 1 aliphatic heterocycles. The van der Waals surface area contributed by atoms with Crippen molar-refractivity contribution in [3.63, 3.8) is 0 Å². The molecule has 0 bridgehead atoms. The van der Waals surface area contributed by atoms with E-state index in [1.54, 1.807) is 11.0 Å². The molecule has 1 unspecified atom stereocenters. The fraction of sp³-hybridized carbons (Fsp3) is 0.444. The number of carboxylic acids is 1. The van der Waals surface area contributed by atoms with E-state index in [9.17, 15) is 9.59 Å². The van der Waals surface area contributed by atoms with E-state index in [0.717, 1.165) is 24.2 Å². The zero-order chi connectivity index (χ0) is 16.7. The molecule has 0 saturated carbocycles. The standard InChI is InChI=1S/C18H23NO4/c1-2-12-23-16-8-4-3-6-14(16)9-10-17(20)19-11-5-7-15(13-19)18(21)22/h3-4,6,8-10,15H,2,5,7,11-13H2,1H3,(H,21,22)/b10-9+. The fourth-order valence-corrected chi connectivity index (χ4v) is 2.61. The second-order valence-electron chi connectivity index (χ2n) is 5.68. The number of carboxylic acid groups (broad SMARTS) is 1. The molecule has 0 aliphatic carbocycles. The normalized spacial score (nSPS) is 18.1. The summed E-state index contributed by atoms with van der Waals surface area (Å²) in [4.78, 5) is 25.0. The predicted molar refractivity (Wildman–Crippen MR) is 88.2 cm³/mol. The first kappa shape index (κ1) is 17.1. The number of carbonyl (C=O) groups excluding carboxylic acids is 1. The van der Waals surface area contributed by atoms with E-state index in [1.165, 1.54) is 6.08 Å². The molecular weight excluding hydrogens is 294 g/mol. The Balaban J connectivity index is 2.02. The van der Waals surface area contributed by atoms with Gasteiger partial charge in [-0.15, -0.1) is 0 Å². The topological polar surface area (TPSA) is 66.8 Å². The van der Waals surface area contributed by atoms with Gasteiger partial charge in [0, 0.05) is 24.7 Å². The molecule has 1 heterocycles. The second kappa shape index (κ2) is 8.36. The Kier molecular flexibility index (Phi) is 6.20. The molecule has 1 N–H and O–H groups in total. The molecule has 1 fully saturated rings. The SMILES string of the molecule is CCCOc1ccccc1/C=C/C(=O)N1CCCC(C(=O)O)C1. The molecule has 1 atom stereocenters. The lowest BCUT2D eigenvalue weighted by Crippen LogP contribution is -2.41. The molecule has 23 heavy (non-hydrogen) atoms. The number of carbonyl (C=O) groups is 2. The van der Waals surface area contributed by atoms with Crippen molar-refractivity contribution in [1.29, 1.82) is 0 Å². The Bertz CT molecular complexity index is 582. The summed E-state index contributed by atoms with van der Waals surface area (Å²) in [6, 6.07) is 7.56. The minimum Gasteiger partial charge on any atom is -0.493 e. The summed E-state index contributed by atoms with van der Waals surface area (Å²) in [6.07, 6.45) is 5.51. The van der Waals surface area contributed by atoms with Crippen LogP contribution < -0.4 is 4.74 Å². The number of ether oxygens (including phenoxy) is 1. The lowest BCUT2D eigenvalue weighted by Gasteiger charge is -2.29. The van der Waals surface area contributed by atoms with Gasteiger partial charge in [-0.3, -0.25) is 9.59 Å². The van der Waals surface area contributed by atoms with Gasteiger partial charge in [-0.2, -0.15) is 0 Å². The van der Waals surface area contributed by atoms with Crippen LogP contribution in [0.5, 0.6) is 5.75 Å². The van der Waals surface area contributed by atoms with Gasteiger partial charge in [0.25, 0.3) is 0 Å². The summed E-state index contributed by atoms with van der Waals surface area (Å²) < 4.78 is 5.66. The van der Waals surface area contributed by atoms with Crippen LogP contribution in [-0.4, -0.2) is 41.6 Å². The predicted octanol–water partition coefficient (Wildman–Crippen LogP) is 2.81. The van der Waals surface area contributed by atoms with E-state index in [4.69, 9.17) is 9.84 Å². The van der Waals surface area contributed by atoms with Gasteiger partial charge < -0.3 is 14.7 Å². The van der Waals surface area contributed by atoms with Crippen molar-refractivity contribution in [3.8, 4) is 5.75 Å². The second-order valence-corrected chi connectivity index (χ2v) is 5.68. The third-order valence-corrected chi connectivity index (χ3v) is 3.87. The van der Waals surface area contributed by atoms with Crippen LogP contribution in [0.25, 0.3) is 6.08 Å². The zero-order valence-corrected chi connectivity index (χ0v) is 13.4. The van der Waals surface area contributed by atoms with Crippen molar-refractivity contribution in [2.24, 2.45) is 5.92 Å². The van der Waals surface area contributed by atoms with Gasteiger partial charge in [0.15, 0.2) is 0 Å². The molecule has 2 rings (SSSR count). The first-order valence-corrected chi connectivity index (χ1v) is 8.03. The van der Waals surface area contributed by atoms with E-state index in [2.05, 4.69) is 0 Å². The van der Waals surface area contributed by atoms with Gasteiger partial charge in [-0.05, 0) is 31.4 Å². The summed E-state index contributed by atoms with van der Waals surface area (Å²) in [5, 5.41) is 9.09. The van der Waals surface area contributed by atoms with Crippen LogP contribution in [0.15, 0.2) is 30.3 Å². The number of amides is 1. The Morgan fingerprint density at radius 2 is 2.17 bits per heavy atom. The number of benzene rings is 1. The van der Waals surface area contributed by atoms with Crippen molar-refractivity contribution < 1.29 is 19.4 Å². The van der Waals surface area contributed by atoms with E-state index in [1.807, 2.05) is 31.2 Å². The summed E-state index contributed by atoms with van der Waals surface area (Å²) in [6.45, 7) is 3.57. The monoisotopic (exact) mass is 317 g/mol. The van der Waals surface area contributed by atoms with Crippen molar-refractivity contribution in [3.05, 3.63) is 35.9 Å². The van der Waals surface area contributed by atoms with Crippen LogP contribution in [0.2, 0.25) is 0 Å². The molecule has 1 aromatic carbocycles. The summed E-state index contributed by atoms with van der Waals surface area (Å²) in [7, 11) is 0. The maximum absolute atomic E-state index is 12.3. The molecule has 0 spiro atoms. The average Bonchev–Trinajstić information content (AvgIpc) is 2.58. The van der Waals surface area contributed by atoms with Crippen molar-refractivity contribution in [2.45, 2.75) is 26.2 Å². The van der Waals surface area contributed by atoms with Gasteiger partial charge in [0.2, 0.25) is 5.91 Å². The number of nitrogens with zero attached hydrogens (tertiary/aromatic N) is 1. The number of piperidine rings is 1. The fourth-order valence-electron chi connectivity index (χ4n) is 2.61. The highest BCUT2D eigenvalue weighted by Crippen LogP contribution is 2.21. The van der Waals surface area contributed by atoms with Gasteiger partial charge in [-0.25, -0.2) is 0 Å². The van der Waals surface area contributed by atoms with Crippen LogP contribution in [0, 0.1) is 5.92 Å². The maximum atomic E-state index is 12.3. The molecular formula is C18H23NO4. The number of likely N-dealkylation sites (tertiary alicyclic amines) is 1. The average molecular weight is 317 g/mol. The van der Waals surface area contributed by atoms with Gasteiger partial charge in [-0.1, -0.05) is 25.1 Å². The van der Waals surface area contributed by atoms with E-state index in [0.29, 0.717) is 19.6 Å². The molecule has 0 radical (unpaired) electrons. The van der Waals surface area contributed by atoms with E-state index < -0.39 is 11.9 Å². The highest BCUT2D eigenvalue weighted by atomic mass is 16.5. The number of aliphatic carboxylic acids is 1. The summed E-state index contributed by atoms with van der Waals surface area (Å²) >= 11 is 0. The smallest absolute Gasteiger partial charge is 0.308 e. The van der Waals surface area contributed by atoms with Crippen molar-refractivity contribution in [1.82, 2.24) is 4.90 Å². The first-order chi connectivity index (χ1) is 11.1. The lowest BCUT2D eigenvalue weighted by atomic mass is 9.98. The molecule has 1 amide bonds. The highest BCUT2D eigenvalue weighted by Gasteiger charge is 2.27. The number of hydrogen-bond donors (Lipinski definition) is 1. The minimum absolute atomic E-state index is 0.152. The number of para-hydroxylation sites is 1. The van der Waals surface area contributed by atoms with Crippen LogP contribution >= 0.6 is 0 Å².